The number of anilines is 1. The summed E-state index contributed by atoms with van der Waals surface area (Å²) < 4.78 is 0. The van der Waals surface area contributed by atoms with Crippen molar-refractivity contribution in [2.75, 3.05) is 18.4 Å². The van der Waals surface area contributed by atoms with Gasteiger partial charge in [0.05, 0.1) is 5.92 Å². The zero-order valence-corrected chi connectivity index (χ0v) is 14.7. The van der Waals surface area contributed by atoms with Gasteiger partial charge in [-0.25, -0.2) is 4.98 Å². The average Bonchev–Trinajstić information content (AvgIpc) is 3.54. The summed E-state index contributed by atoms with van der Waals surface area (Å²) in [5, 5.41) is 2.91. The molecule has 1 saturated carbocycles. The van der Waals surface area contributed by atoms with E-state index in [4.69, 9.17) is 0 Å². The van der Waals surface area contributed by atoms with Crippen LogP contribution in [0.1, 0.15) is 25.7 Å². The minimum atomic E-state index is -0.151. The Morgan fingerprint density at radius 1 is 0.962 bits per heavy atom. The summed E-state index contributed by atoms with van der Waals surface area (Å²) in [6, 6.07) is 13.8. The number of nitrogens with one attached hydrogen (secondary N) is 1. The van der Waals surface area contributed by atoms with Crippen molar-refractivity contribution in [3.63, 3.8) is 0 Å². The molecule has 1 saturated heterocycles. The van der Waals surface area contributed by atoms with E-state index in [2.05, 4.69) is 10.3 Å². The molecule has 5 heteroatoms. The van der Waals surface area contributed by atoms with Crippen molar-refractivity contribution in [1.29, 1.82) is 0 Å². The Balaban J connectivity index is 1.37. The molecule has 134 valence electrons. The zero-order chi connectivity index (χ0) is 17.9. The average molecular weight is 349 g/mol. The van der Waals surface area contributed by atoms with E-state index in [9.17, 15) is 9.59 Å². The minimum absolute atomic E-state index is 0.0433. The number of aromatic nitrogens is 1. The number of carbonyl (C=O) groups is 2. The SMILES string of the molecule is O=C(Nc1ccc(-c2ccccc2)cn1)[C@@H]1CCCN(C(=O)C2CC2)C1. The molecule has 1 aromatic heterocycles. The van der Waals surface area contributed by atoms with Gasteiger partial charge in [-0.1, -0.05) is 30.3 Å². The molecule has 1 atom stereocenters. The Bertz CT molecular complexity index is 785. The molecular formula is C21H23N3O2. The maximum atomic E-state index is 12.6. The highest BCUT2D eigenvalue weighted by Gasteiger charge is 2.36. The second-order valence-corrected chi connectivity index (χ2v) is 7.19. The predicted octanol–water partition coefficient (Wildman–Crippen LogP) is 3.34. The number of piperidine rings is 1. The van der Waals surface area contributed by atoms with Gasteiger partial charge >= 0.3 is 0 Å². The standard InChI is InChI=1S/C21H23N3O2/c25-20(18-7-4-12-24(14-18)21(26)16-8-9-16)23-19-11-10-17(13-22-19)15-5-2-1-3-6-15/h1-3,5-6,10-11,13,16,18H,4,7-9,12,14H2,(H,22,23,25)/t18-/m1/s1. The van der Waals surface area contributed by atoms with E-state index >= 15 is 0 Å². The third-order valence-corrected chi connectivity index (χ3v) is 5.15. The first-order chi connectivity index (χ1) is 12.7. The summed E-state index contributed by atoms with van der Waals surface area (Å²) in [6.45, 7) is 1.31. The first-order valence-electron chi connectivity index (χ1n) is 9.32. The zero-order valence-electron chi connectivity index (χ0n) is 14.7. The van der Waals surface area contributed by atoms with Gasteiger partial charge in [0.15, 0.2) is 0 Å². The normalized spacial score (nSPS) is 19.8. The molecule has 1 aliphatic heterocycles. The van der Waals surface area contributed by atoms with Gasteiger partial charge in [0, 0.05) is 30.8 Å². The van der Waals surface area contributed by atoms with Crippen molar-refractivity contribution in [2.24, 2.45) is 11.8 Å². The van der Waals surface area contributed by atoms with Crippen molar-refractivity contribution >= 4 is 17.6 Å². The molecule has 5 nitrogen and oxygen atoms in total. The first-order valence-corrected chi connectivity index (χ1v) is 9.32. The predicted molar refractivity (Wildman–Crippen MR) is 100 cm³/mol. The van der Waals surface area contributed by atoms with Crippen molar-refractivity contribution in [3.05, 3.63) is 48.7 Å². The maximum Gasteiger partial charge on any atom is 0.230 e. The quantitative estimate of drug-likeness (QED) is 0.921. The number of rotatable bonds is 4. The summed E-state index contributed by atoms with van der Waals surface area (Å²) in [6.07, 6.45) is 5.49. The van der Waals surface area contributed by atoms with Crippen molar-refractivity contribution in [3.8, 4) is 11.1 Å². The van der Waals surface area contributed by atoms with Crippen LogP contribution in [0.25, 0.3) is 11.1 Å². The largest absolute Gasteiger partial charge is 0.342 e. The van der Waals surface area contributed by atoms with Crippen LogP contribution in [-0.4, -0.2) is 34.8 Å². The van der Waals surface area contributed by atoms with E-state index in [-0.39, 0.29) is 23.7 Å². The Labute approximate surface area is 153 Å². The van der Waals surface area contributed by atoms with E-state index in [1.165, 1.54) is 0 Å². The fraction of sp³-hybridized carbons (Fsp3) is 0.381. The topological polar surface area (TPSA) is 62.3 Å². The van der Waals surface area contributed by atoms with E-state index in [0.717, 1.165) is 43.4 Å². The molecule has 2 amide bonds. The van der Waals surface area contributed by atoms with Gasteiger partial charge < -0.3 is 10.2 Å². The molecule has 0 radical (unpaired) electrons. The number of hydrogen-bond donors (Lipinski definition) is 1. The van der Waals surface area contributed by atoms with E-state index in [1.54, 1.807) is 6.20 Å². The van der Waals surface area contributed by atoms with Crippen molar-refractivity contribution < 1.29 is 9.59 Å². The van der Waals surface area contributed by atoms with Gasteiger partial charge in [-0.05, 0) is 43.4 Å². The van der Waals surface area contributed by atoms with E-state index in [0.29, 0.717) is 12.4 Å². The summed E-state index contributed by atoms with van der Waals surface area (Å²) in [5.41, 5.74) is 2.11. The molecule has 26 heavy (non-hydrogen) atoms. The number of amides is 2. The number of hydrogen-bond acceptors (Lipinski definition) is 3. The second-order valence-electron chi connectivity index (χ2n) is 7.19. The molecule has 1 aromatic carbocycles. The van der Waals surface area contributed by atoms with E-state index < -0.39 is 0 Å². The van der Waals surface area contributed by atoms with Gasteiger partial charge in [-0.15, -0.1) is 0 Å². The van der Waals surface area contributed by atoms with E-state index in [1.807, 2.05) is 47.4 Å². The van der Waals surface area contributed by atoms with Gasteiger partial charge in [0.1, 0.15) is 5.82 Å². The third kappa shape index (κ3) is 3.77. The number of nitrogens with zero attached hydrogens (tertiary/aromatic N) is 2. The molecule has 4 rings (SSSR count). The van der Waals surface area contributed by atoms with Gasteiger partial charge in [-0.3, -0.25) is 9.59 Å². The van der Waals surface area contributed by atoms with Gasteiger partial charge in [-0.2, -0.15) is 0 Å². The second kappa shape index (κ2) is 7.28. The summed E-state index contributed by atoms with van der Waals surface area (Å²) in [7, 11) is 0. The lowest BCUT2D eigenvalue weighted by Crippen LogP contribution is -2.44. The highest BCUT2D eigenvalue weighted by Crippen LogP contribution is 2.32. The van der Waals surface area contributed by atoms with Crippen LogP contribution >= 0.6 is 0 Å². The highest BCUT2D eigenvalue weighted by molar-refractivity contribution is 5.92. The number of carbonyl (C=O) groups excluding carboxylic acids is 2. The molecule has 2 aromatic rings. The lowest BCUT2D eigenvalue weighted by atomic mass is 9.96. The highest BCUT2D eigenvalue weighted by atomic mass is 16.2. The summed E-state index contributed by atoms with van der Waals surface area (Å²) in [4.78, 5) is 31.1. The smallest absolute Gasteiger partial charge is 0.230 e. The van der Waals surface area contributed by atoms with Crippen LogP contribution in [0.5, 0.6) is 0 Å². The van der Waals surface area contributed by atoms with Crippen LogP contribution in [0.2, 0.25) is 0 Å². The van der Waals surface area contributed by atoms with Crippen LogP contribution in [0.4, 0.5) is 5.82 Å². The monoisotopic (exact) mass is 349 g/mol. The Kier molecular flexibility index (Phi) is 4.69. The Morgan fingerprint density at radius 3 is 2.46 bits per heavy atom. The molecule has 2 aliphatic rings. The lowest BCUT2D eigenvalue weighted by molar-refractivity contribution is -0.135. The van der Waals surface area contributed by atoms with Crippen LogP contribution in [-0.2, 0) is 9.59 Å². The Morgan fingerprint density at radius 2 is 1.77 bits per heavy atom. The number of benzene rings is 1. The van der Waals surface area contributed by atoms with Gasteiger partial charge in [0.25, 0.3) is 0 Å². The molecule has 1 aliphatic carbocycles. The lowest BCUT2D eigenvalue weighted by Gasteiger charge is -2.32. The van der Waals surface area contributed by atoms with Crippen LogP contribution in [0.3, 0.4) is 0 Å². The molecule has 0 spiro atoms. The maximum absolute atomic E-state index is 12.6. The number of pyridine rings is 1. The molecule has 0 unspecified atom stereocenters. The molecule has 0 bridgehead atoms. The fourth-order valence-electron chi connectivity index (χ4n) is 3.48. The number of likely N-dealkylation sites (tertiary alicyclic amines) is 1. The summed E-state index contributed by atoms with van der Waals surface area (Å²) >= 11 is 0. The summed E-state index contributed by atoms with van der Waals surface area (Å²) in [5.74, 6) is 0.803. The van der Waals surface area contributed by atoms with Crippen LogP contribution in [0.15, 0.2) is 48.7 Å². The van der Waals surface area contributed by atoms with Crippen molar-refractivity contribution in [1.82, 2.24) is 9.88 Å². The molecule has 2 fully saturated rings. The Hall–Kier alpha value is -2.69. The molecule has 2 heterocycles. The van der Waals surface area contributed by atoms with Crippen LogP contribution in [0, 0.1) is 11.8 Å². The molecule has 1 N–H and O–H groups in total. The third-order valence-electron chi connectivity index (χ3n) is 5.15. The first kappa shape index (κ1) is 16.8. The minimum Gasteiger partial charge on any atom is -0.342 e. The van der Waals surface area contributed by atoms with Crippen LogP contribution < -0.4 is 5.32 Å². The molecular weight excluding hydrogens is 326 g/mol. The van der Waals surface area contributed by atoms with Gasteiger partial charge in [0.2, 0.25) is 11.8 Å². The fourth-order valence-corrected chi connectivity index (χ4v) is 3.48. The van der Waals surface area contributed by atoms with Crippen molar-refractivity contribution in [2.45, 2.75) is 25.7 Å².